The summed E-state index contributed by atoms with van der Waals surface area (Å²) in [6, 6.07) is 0. The first-order chi connectivity index (χ1) is 8.68. The van der Waals surface area contributed by atoms with Gasteiger partial charge in [-0.3, -0.25) is 4.57 Å². The second-order valence-electron chi connectivity index (χ2n) is 3.53. The van der Waals surface area contributed by atoms with E-state index in [2.05, 4.69) is 5.32 Å². The van der Waals surface area contributed by atoms with Crippen LogP contribution in [0.3, 0.4) is 0 Å². The number of nitrogens with one attached hydrogen (secondary N) is 1. The van der Waals surface area contributed by atoms with Crippen LogP contribution < -0.4 is 5.32 Å². The van der Waals surface area contributed by atoms with Crippen LogP contribution in [0.15, 0.2) is 0 Å². The Morgan fingerprint density at radius 2 is 1.67 bits per heavy atom. The SMILES string of the molecule is CCOP(=O)(CCNCCOCCOC)OCC. The lowest BCUT2D eigenvalue weighted by Gasteiger charge is -2.17. The predicted octanol–water partition coefficient (Wildman–Crippen LogP) is 1.51. The van der Waals surface area contributed by atoms with Crippen molar-refractivity contribution in [3.63, 3.8) is 0 Å². The molecule has 0 aromatic heterocycles. The van der Waals surface area contributed by atoms with E-state index in [1.165, 1.54) is 0 Å². The van der Waals surface area contributed by atoms with Crippen LogP contribution in [-0.2, 0) is 23.1 Å². The summed E-state index contributed by atoms with van der Waals surface area (Å²) in [6.07, 6.45) is 0.382. The number of rotatable bonds is 13. The van der Waals surface area contributed by atoms with E-state index < -0.39 is 7.60 Å². The van der Waals surface area contributed by atoms with Crippen LogP contribution in [0.2, 0.25) is 0 Å². The minimum atomic E-state index is -2.91. The van der Waals surface area contributed by atoms with Gasteiger partial charge in [-0.2, -0.15) is 0 Å². The Kier molecular flexibility index (Phi) is 12.1. The maximum atomic E-state index is 12.1. The fourth-order valence-corrected chi connectivity index (χ4v) is 2.84. The lowest BCUT2D eigenvalue weighted by Crippen LogP contribution is -2.24. The van der Waals surface area contributed by atoms with Gasteiger partial charge in [0, 0.05) is 20.2 Å². The molecule has 0 heterocycles. The zero-order valence-corrected chi connectivity index (χ0v) is 12.5. The molecule has 0 aliphatic rings. The molecule has 0 aliphatic carbocycles. The van der Waals surface area contributed by atoms with E-state index in [9.17, 15) is 4.57 Å². The van der Waals surface area contributed by atoms with Crippen molar-refractivity contribution in [2.45, 2.75) is 13.8 Å². The number of hydrogen-bond acceptors (Lipinski definition) is 6. The molecule has 0 rings (SSSR count). The van der Waals surface area contributed by atoms with Gasteiger partial charge in [-0.1, -0.05) is 0 Å². The minimum Gasteiger partial charge on any atom is -0.382 e. The van der Waals surface area contributed by atoms with E-state index in [0.717, 1.165) is 0 Å². The summed E-state index contributed by atoms with van der Waals surface area (Å²) < 4.78 is 32.5. The molecule has 0 amide bonds. The molecule has 0 bridgehead atoms. The van der Waals surface area contributed by atoms with Gasteiger partial charge in [0.15, 0.2) is 0 Å². The highest BCUT2D eigenvalue weighted by Gasteiger charge is 2.22. The lowest BCUT2D eigenvalue weighted by molar-refractivity contribution is 0.0721. The van der Waals surface area contributed by atoms with Crippen molar-refractivity contribution in [1.82, 2.24) is 5.32 Å². The highest BCUT2D eigenvalue weighted by atomic mass is 31.2. The summed E-state index contributed by atoms with van der Waals surface area (Å²) in [5.41, 5.74) is 0. The Hall–Kier alpha value is 0.0300. The molecule has 7 heteroatoms. The third kappa shape index (κ3) is 10.00. The molecule has 6 nitrogen and oxygen atoms in total. The molecule has 0 fully saturated rings. The molecule has 18 heavy (non-hydrogen) atoms. The maximum Gasteiger partial charge on any atom is 0.331 e. The molecule has 110 valence electrons. The van der Waals surface area contributed by atoms with E-state index in [1.54, 1.807) is 7.11 Å². The van der Waals surface area contributed by atoms with Crippen LogP contribution in [-0.4, -0.2) is 59.4 Å². The molecule has 0 unspecified atom stereocenters. The zero-order chi connectivity index (χ0) is 13.7. The summed E-state index contributed by atoms with van der Waals surface area (Å²) in [6.45, 7) is 7.52. The normalized spacial score (nSPS) is 11.9. The van der Waals surface area contributed by atoms with Crippen molar-refractivity contribution in [2.24, 2.45) is 0 Å². The van der Waals surface area contributed by atoms with Crippen molar-refractivity contribution < 1.29 is 23.1 Å². The third-order valence-electron chi connectivity index (χ3n) is 2.07. The minimum absolute atomic E-state index is 0.382. The molecule has 0 aromatic rings. The highest BCUT2D eigenvalue weighted by molar-refractivity contribution is 7.53. The quantitative estimate of drug-likeness (QED) is 0.408. The van der Waals surface area contributed by atoms with Crippen LogP contribution in [0.4, 0.5) is 0 Å². The van der Waals surface area contributed by atoms with Crippen molar-refractivity contribution in [3.8, 4) is 0 Å². The molecular formula is C11H26NO5P. The van der Waals surface area contributed by atoms with Crippen molar-refractivity contribution in [2.75, 3.05) is 59.4 Å². The summed E-state index contributed by atoms with van der Waals surface area (Å²) >= 11 is 0. The Bertz CT molecular complexity index is 217. The van der Waals surface area contributed by atoms with Gasteiger partial charge in [0.2, 0.25) is 0 Å². The van der Waals surface area contributed by atoms with Crippen LogP contribution in [0.1, 0.15) is 13.8 Å². The maximum absolute atomic E-state index is 12.1. The molecule has 1 N–H and O–H groups in total. The van der Waals surface area contributed by atoms with Gasteiger partial charge in [0.05, 0.1) is 39.2 Å². The highest BCUT2D eigenvalue weighted by Crippen LogP contribution is 2.47. The van der Waals surface area contributed by atoms with Gasteiger partial charge in [0.1, 0.15) is 0 Å². The Morgan fingerprint density at radius 3 is 2.22 bits per heavy atom. The number of hydrogen-bond donors (Lipinski definition) is 1. The van der Waals surface area contributed by atoms with Gasteiger partial charge in [0.25, 0.3) is 0 Å². The van der Waals surface area contributed by atoms with Gasteiger partial charge < -0.3 is 23.8 Å². The van der Waals surface area contributed by atoms with Gasteiger partial charge in [-0.25, -0.2) is 0 Å². The second-order valence-corrected chi connectivity index (χ2v) is 5.71. The first-order valence-corrected chi connectivity index (χ1v) is 8.06. The van der Waals surface area contributed by atoms with Crippen LogP contribution in [0, 0.1) is 0 Å². The molecule has 0 radical (unpaired) electrons. The van der Waals surface area contributed by atoms with E-state index in [1.807, 2.05) is 13.8 Å². The van der Waals surface area contributed by atoms with Crippen molar-refractivity contribution in [1.29, 1.82) is 0 Å². The van der Waals surface area contributed by atoms with Gasteiger partial charge in [-0.05, 0) is 13.8 Å². The Labute approximate surface area is 110 Å². The summed E-state index contributed by atoms with van der Waals surface area (Å²) in [4.78, 5) is 0. The number of ether oxygens (including phenoxy) is 2. The molecular weight excluding hydrogens is 257 g/mol. The van der Waals surface area contributed by atoms with Crippen LogP contribution in [0.5, 0.6) is 0 Å². The molecule has 0 aliphatic heterocycles. The van der Waals surface area contributed by atoms with E-state index in [4.69, 9.17) is 18.5 Å². The van der Waals surface area contributed by atoms with Crippen molar-refractivity contribution >= 4 is 7.60 Å². The molecule has 0 spiro atoms. The van der Waals surface area contributed by atoms with Crippen LogP contribution >= 0.6 is 7.60 Å². The Morgan fingerprint density at radius 1 is 1.00 bits per heavy atom. The van der Waals surface area contributed by atoms with Crippen molar-refractivity contribution in [3.05, 3.63) is 0 Å². The Balaban J connectivity index is 3.52. The fourth-order valence-electron chi connectivity index (χ4n) is 1.29. The lowest BCUT2D eigenvalue weighted by atomic mass is 10.6. The number of methoxy groups -OCH3 is 1. The largest absolute Gasteiger partial charge is 0.382 e. The fraction of sp³-hybridized carbons (Fsp3) is 1.00. The first kappa shape index (κ1) is 18.0. The summed E-state index contributed by atoms with van der Waals surface area (Å²) in [7, 11) is -1.27. The molecule has 0 saturated carbocycles. The van der Waals surface area contributed by atoms with E-state index in [-0.39, 0.29) is 0 Å². The molecule has 0 aromatic carbocycles. The first-order valence-electron chi connectivity index (χ1n) is 6.34. The smallest absolute Gasteiger partial charge is 0.331 e. The average Bonchev–Trinajstić information content (AvgIpc) is 2.33. The second kappa shape index (κ2) is 12.1. The average molecular weight is 283 g/mol. The summed E-state index contributed by atoms with van der Waals surface area (Å²) in [5.74, 6) is 0. The third-order valence-corrected chi connectivity index (χ3v) is 4.14. The van der Waals surface area contributed by atoms with E-state index >= 15 is 0 Å². The monoisotopic (exact) mass is 283 g/mol. The summed E-state index contributed by atoms with van der Waals surface area (Å²) in [5, 5.41) is 3.14. The molecule has 0 saturated heterocycles. The predicted molar refractivity (Wildman–Crippen MR) is 71.3 cm³/mol. The van der Waals surface area contributed by atoms with Gasteiger partial charge >= 0.3 is 7.60 Å². The van der Waals surface area contributed by atoms with Gasteiger partial charge in [-0.15, -0.1) is 0 Å². The van der Waals surface area contributed by atoms with Crippen LogP contribution in [0.25, 0.3) is 0 Å². The zero-order valence-electron chi connectivity index (χ0n) is 11.6. The topological polar surface area (TPSA) is 66.0 Å². The standard InChI is InChI=1S/C11H26NO5P/c1-4-16-18(13,17-5-2)11-7-12-6-8-15-10-9-14-3/h12H,4-11H2,1-3H3. The molecule has 0 atom stereocenters. The van der Waals surface area contributed by atoms with E-state index in [0.29, 0.717) is 52.3 Å².